The van der Waals surface area contributed by atoms with E-state index in [9.17, 15) is 5.26 Å². The number of fused-ring (bicyclic) bond motifs is 12. The van der Waals surface area contributed by atoms with Crippen molar-refractivity contribution in [3.05, 3.63) is 185 Å². The van der Waals surface area contributed by atoms with E-state index in [1.807, 2.05) is 42.7 Å². The molecule has 0 saturated heterocycles. The number of nitriles is 1. The monoisotopic (exact) mass is 624 g/mol. The van der Waals surface area contributed by atoms with Gasteiger partial charge in [-0.15, -0.1) is 0 Å². The van der Waals surface area contributed by atoms with E-state index < -0.39 is 5.41 Å². The first-order valence-electron chi connectivity index (χ1n) is 16.1. The molecule has 49 heavy (non-hydrogen) atoms. The van der Waals surface area contributed by atoms with Gasteiger partial charge in [0.25, 0.3) is 0 Å². The van der Waals surface area contributed by atoms with E-state index in [0.29, 0.717) is 11.3 Å². The van der Waals surface area contributed by atoms with Crippen molar-refractivity contribution in [3.8, 4) is 23.0 Å². The van der Waals surface area contributed by atoms with Crippen LogP contribution in [0.5, 0.6) is 0 Å². The van der Waals surface area contributed by atoms with Gasteiger partial charge in [0.05, 0.1) is 46.0 Å². The third kappa shape index (κ3) is 3.52. The van der Waals surface area contributed by atoms with Crippen molar-refractivity contribution < 1.29 is 0 Å². The summed E-state index contributed by atoms with van der Waals surface area (Å²) >= 11 is 0. The molecule has 5 aromatic carbocycles. The lowest BCUT2D eigenvalue weighted by atomic mass is 9.64. The lowest BCUT2D eigenvalue weighted by molar-refractivity contribution is 0.751. The number of hydrogen-bond acceptors (Lipinski definition) is 4. The Morgan fingerprint density at radius 1 is 0.633 bits per heavy atom. The van der Waals surface area contributed by atoms with Crippen LogP contribution in [-0.2, 0) is 5.41 Å². The summed E-state index contributed by atoms with van der Waals surface area (Å²) in [4.78, 5) is 15.9. The van der Waals surface area contributed by atoms with Crippen molar-refractivity contribution >= 4 is 44.7 Å². The van der Waals surface area contributed by atoms with Crippen LogP contribution in [0.2, 0.25) is 0 Å². The number of benzene rings is 5. The van der Waals surface area contributed by atoms with Crippen molar-refractivity contribution in [2.45, 2.75) is 5.41 Å². The van der Waals surface area contributed by atoms with E-state index in [4.69, 9.17) is 11.6 Å². The lowest BCUT2D eigenvalue weighted by Gasteiger charge is -2.44. The van der Waals surface area contributed by atoms with Gasteiger partial charge in [-0.25, -0.2) is 9.83 Å². The molecular weight excluding hydrogens is 601 g/mol. The summed E-state index contributed by atoms with van der Waals surface area (Å²) in [6.07, 6.45) is 3.75. The second-order valence-corrected chi connectivity index (χ2v) is 12.4. The molecule has 0 amide bonds. The van der Waals surface area contributed by atoms with Crippen LogP contribution >= 0.6 is 0 Å². The maximum atomic E-state index is 10.1. The van der Waals surface area contributed by atoms with Gasteiger partial charge in [0.1, 0.15) is 11.6 Å². The van der Waals surface area contributed by atoms with Crippen LogP contribution in [0.4, 0.5) is 22.9 Å². The van der Waals surface area contributed by atoms with E-state index >= 15 is 0 Å². The molecule has 8 aromatic rings. The molecule has 0 unspecified atom stereocenters. The van der Waals surface area contributed by atoms with Gasteiger partial charge in [0.15, 0.2) is 5.69 Å². The molecule has 0 atom stereocenters. The molecule has 1 aliphatic heterocycles. The molecule has 0 saturated carbocycles. The van der Waals surface area contributed by atoms with Crippen LogP contribution in [-0.4, -0.2) is 14.5 Å². The summed E-state index contributed by atoms with van der Waals surface area (Å²) in [5.41, 5.74) is 10.9. The maximum absolute atomic E-state index is 10.1. The highest BCUT2D eigenvalue weighted by Gasteiger charge is 2.52. The van der Waals surface area contributed by atoms with Gasteiger partial charge in [-0.1, -0.05) is 84.9 Å². The molecule has 2 aliphatic rings. The number of nitrogens with zero attached hydrogens (tertiary/aromatic N) is 6. The molecule has 10 rings (SSSR count). The van der Waals surface area contributed by atoms with Crippen LogP contribution < -0.4 is 4.90 Å². The highest BCUT2D eigenvalue weighted by atomic mass is 15.2. The Labute approximate surface area is 282 Å². The smallest absolute Gasteiger partial charge is 0.187 e. The largest absolute Gasteiger partial charge is 0.294 e. The van der Waals surface area contributed by atoms with Crippen molar-refractivity contribution in [2.75, 3.05) is 4.90 Å². The van der Waals surface area contributed by atoms with E-state index in [-0.39, 0.29) is 0 Å². The Balaban J connectivity index is 1.27. The van der Waals surface area contributed by atoms with Gasteiger partial charge < -0.3 is 0 Å². The number of pyridine rings is 2. The first kappa shape index (κ1) is 27.1. The third-order valence-electron chi connectivity index (χ3n) is 10.1. The minimum Gasteiger partial charge on any atom is -0.294 e. The molecule has 0 bridgehead atoms. The van der Waals surface area contributed by atoms with Gasteiger partial charge in [0.2, 0.25) is 0 Å². The van der Waals surface area contributed by atoms with E-state index in [1.54, 1.807) is 0 Å². The fourth-order valence-electron chi connectivity index (χ4n) is 8.25. The highest BCUT2D eigenvalue weighted by Crippen LogP contribution is 2.63. The summed E-state index contributed by atoms with van der Waals surface area (Å²) in [6, 6.07) is 47.9. The summed E-state index contributed by atoms with van der Waals surface area (Å²) < 4.78 is 2.21. The normalized spacial score (nSPS) is 13.4. The summed E-state index contributed by atoms with van der Waals surface area (Å²) in [6.45, 7) is 7.91. The zero-order chi connectivity index (χ0) is 32.7. The van der Waals surface area contributed by atoms with Crippen LogP contribution in [0.15, 0.2) is 146 Å². The van der Waals surface area contributed by atoms with Crippen molar-refractivity contribution in [3.63, 3.8) is 0 Å². The van der Waals surface area contributed by atoms with Crippen molar-refractivity contribution in [1.29, 1.82) is 5.26 Å². The zero-order valence-electron chi connectivity index (χ0n) is 26.0. The molecular formula is C43H24N6. The number of aromatic nitrogens is 3. The van der Waals surface area contributed by atoms with Crippen LogP contribution in [0.3, 0.4) is 0 Å². The molecule has 0 radical (unpaired) electrons. The van der Waals surface area contributed by atoms with Crippen molar-refractivity contribution in [1.82, 2.24) is 14.5 Å². The van der Waals surface area contributed by atoms with Gasteiger partial charge >= 0.3 is 0 Å². The molecule has 1 aliphatic carbocycles. The molecule has 226 valence electrons. The second kappa shape index (κ2) is 9.99. The van der Waals surface area contributed by atoms with Gasteiger partial charge in [-0.05, 0) is 81.9 Å². The van der Waals surface area contributed by atoms with Gasteiger partial charge in [-0.2, -0.15) is 5.26 Å². The molecule has 4 heterocycles. The molecule has 3 aromatic heterocycles. The van der Waals surface area contributed by atoms with Crippen LogP contribution in [0.25, 0.3) is 43.6 Å². The second-order valence-electron chi connectivity index (χ2n) is 12.4. The minimum atomic E-state index is -0.751. The Morgan fingerprint density at radius 2 is 1.31 bits per heavy atom. The van der Waals surface area contributed by atoms with Crippen LogP contribution in [0.1, 0.15) is 27.8 Å². The topological polar surface area (TPSA) is 62.1 Å². The lowest BCUT2D eigenvalue weighted by Crippen LogP contribution is -2.36. The quantitative estimate of drug-likeness (QED) is 0.180. The van der Waals surface area contributed by atoms with Gasteiger partial charge in [-0.3, -0.25) is 14.5 Å². The third-order valence-corrected chi connectivity index (χ3v) is 10.1. The standard InChI is InChI=1S/C43H24N6/c1-45-28-18-20-30-29-19-17-27(25-44)23-35(29)43(36(30)24-28)33-10-3-6-13-39(33)49(40-14-7-4-11-34(40)43)42-16-8-15-41(47-42)48-37-12-5-2-9-31(37)32-26-46-22-21-38(32)48/h2-24,26H. The Bertz CT molecular complexity index is 2610. The predicted octanol–water partition coefficient (Wildman–Crippen LogP) is 10.1. The highest BCUT2D eigenvalue weighted by molar-refractivity contribution is 6.08. The minimum absolute atomic E-state index is 0.583. The first-order chi connectivity index (χ1) is 24.2. The average Bonchev–Trinajstić information content (AvgIpc) is 3.65. The molecule has 1 spiro atoms. The van der Waals surface area contributed by atoms with E-state index in [0.717, 1.165) is 78.2 Å². The Kier molecular flexibility index (Phi) is 5.53. The fourth-order valence-corrected chi connectivity index (χ4v) is 8.25. The number of rotatable bonds is 2. The number of anilines is 3. The summed E-state index contributed by atoms with van der Waals surface area (Å²) in [7, 11) is 0. The van der Waals surface area contributed by atoms with E-state index in [1.165, 1.54) is 0 Å². The molecule has 6 nitrogen and oxygen atoms in total. The predicted molar refractivity (Wildman–Crippen MR) is 193 cm³/mol. The Morgan fingerprint density at radius 3 is 2.08 bits per heavy atom. The summed E-state index contributed by atoms with van der Waals surface area (Å²) in [5.74, 6) is 1.59. The fraction of sp³-hybridized carbons (Fsp3) is 0.0233. The van der Waals surface area contributed by atoms with Crippen molar-refractivity contribution in [2.24, 2.45) is 0 Å². The molecule has 0 N–H and O–H groups in total. The average molecular weight is 625 g/mol. The first-order valence-corrected chi connectivity index (χ1v) is 16.1. The Hall–Kier alpha value is -7.02. The SMILES string of the molecule is [C-]#[N+]c1ccc2c(c1)C1(c3cc(C#N)ccc3-2)c2ccccc2N(c2cccc(-n3c4ccccc4c4cnccc43)n2)c2ccccc21. The maximum Gasteiger partial charge on any atom is 0.187 e. The van der Waals surface area contributed by atoms with Crippen LogP contribution in [0, 0.1) is 17.9 Å². The molecule has 0 fully saturated rings. The number of para-hydroxylation sites is 3. The van der Waals surface area contributed by atoms with E-state index in [2.05, 4.69) is 128 Å². The number of hydrogen-bond donors (Lipinski definition) is 0. The molecule has 6 heteroatoms. The van der Waals surface area contributed by atoms with Gasteiger partial charge in [0, 0.05) is 23.2 Å². The zero-order valence-corrected chi connectivity index (χ0v) is 26.0. The summed E-state index contributed by atoms with van der Waals surface area (Å²) in [5, 5.41) is 12.3.